The maximum Gasteiger partial charge on any atom is 0.254 e. The quantitative estimate of drug-likeness (QED) is 0.460. The standard InChI is InChI=1S/C24H23FN4O2/c1-13-18-10-16(8-9-21(18)29-23(13)17-6-4-5-7-20(17)25)12-26-22(30)11-19-14(2)27-15(3)28-24(19)31/h4-10,29H,11-12H2,1-3H3,(H,26,30)(H,27,28,31). The summed E-state index contributed by atoms with van der Waals surface area (Å²) in [5, 5.41) is 3.83. The Hall–Kier alpha value is -3.74. The number of aromatic amines is 2. The Morgan fingerprint density at radius 2 is 1.87 bits per heavy atom. The van der Waals surface area contributed by atoms with Gasteiger partial charge in [-0.25, -0.2) is 9.37 Å². The first-order valence-electron chi connectivity index (χ1n) is 10.0. The van der Waals surface area contributed by atoms with E-state index >= 15 is 0 Å². The van der Waals surface area contributed by atoms with Crippen molar-refractivity contribution in [2.75, 3.05) is 0 Å². The van der Waals surface area contributed by atoms with Crippen LogP contribution in [0.4, 0.5) is 4.39 Å². The number of amides is 1. The molecular formula is C24H23FN4O2. The molecule has 0 atom stereocenters. The van der Waals surface area contributed by atoms with Crippen LogP contribution in [0, 0.1) is 26.6 Å². The molecular weight excluding hydrogens is 395 g/mol. The van der Waals surface area contributed by atoms with Gasteiger partial charge >= 0.3 is 0 Å². The molecule has 0 bridgehead atoms. The number of H-pyrrole nitrogens is 2. The van der Waals surface area contributed by atoms with Crippen LogP contribution < -0.4 is 10.9 Å². The molecule has 1 amide bonds. The van der Waals surface area contributed by atoms with Gasteiger partial charge in [0.05, 0.1) is 12.1 Å². The molecule has 0 unspecified atom stereocenters. The molecule has 2 aromatic carbocycles. The van der Waals surface area contributed by atoms with Crippen molar-refractivity contribution >= 4 is 16.8 Å². The van der Waals surface area contributed by atoms with E-state index in [1.807, 2.05) is 25.1 Å². The van der Waals surface area contributed by atoms with Crippen LogP contribution >= 0.6 is 0 Å². The van der Waals surface area contributed by atoms with E-state index in [0.717, 1.165) is 27.7 Å². The van der Waals surface area contributed by atoms with Crippen molar-refractivity contribution in [1.82, 2.24) is 20.3 Å². The van der Waals surface area contributed by atoms with Gasteiger partial charge in [-0.15, -0.1) is 0 Å². The molecule has 4 rings (SSSR count). The molecule has 7 heteroatoms. The summed E-state index contributed by atoms with van der Waals surface area (Å²) in [4.78, 5) is 34.6. The number of rotatable bonds is 5. The Balaban J connectivity index is 1.52. The van der Waals surface area contributed by atoms with Crippen LogP contribution in [0.2, 0.25) is 0 Å². The van der Waals surface area contributed by atoms with Gasteiger partial charge in [-0.3, -0.25) is 9.59 Å². The van der Waals surface area contributed by atoms with Gasteiger partial charge in [0, 0.05) is 34.3 Å². The largest absolute Gasteiger partial charge is 0.354 e. The third-order valence-corrected chi connectivity index (χ3v) is 5.43. The summed E-state index contributed by atoms with van der Waals surface area (Å²) in [5.74, 6) is -0.00529. The van der Waals surface area contributed by atoms with Gasteiger partial charge < -0.3 is 15.3 Å². The van der Waals surface area contributed by atoms with Gasteiger partial charge in [0.2, 0.25) is 5.91 Å². The molecule has 0 saturated carbocycles. The molecule has 0 aliphatic rings. The van der Waals surface area contributed by atoms with Crippen LogP contribution in [0.3, 0.4) is 0 Å². The monoisotopic (exact) mass is 418 g/mol. The van der Waals surface area contributed by atoms with Crippen molar-refractivity contribution in [3.05, 3.63) is 86.8 Å². The number of halogens is 1. The average molecular weight is 418 g/mol. The lowest BCUT2D eigenvalue weighted by Gasteiger charge is -2.08. The maximum atomic E-state index is 14.2. The van der Waals surface area contributed by atoms with Crippen LogP contribution in [-0.4, -0.2) is 20.9 Å². The van der Waals surface area contributed by atoms with E-state index in [1.54, 1.807) is 32.0 Å². The molecule has 0 aliphatic carbocycles. The van der Waals surface area contributed by atoms with Crippen LogP contribution in [0.15, 0.2) is 47.3 Å². The minimum absolute atomic E-state index is 0.0305. The third kappa shape index (κ3) is 4.12. The fourth-order valence-corrected chi connectivity index (χ4v) is 3.80. The Labute approximate surface area is 178 Å². The number of fused-ring (bicyclic) bond motifs is 1. The first-order valence-corrected chi connectivity index (χ1v) is 10.0. The minimum Gasteiger partial charge on any atom is -0.354 e. The highest BCUT2D eigenvalue weighted by atomic mass is 19.1. The van der Waals surface area contributed by atoms with Crippen molar-refractivity contribution < 1.29 is 9.18 Å². The van der Waals surface area contributed by atoms with Crippen molar-refractivity contribution in [3.63, 3.8) is 0 Å². The van der Waals surface area contributed by atoms with Gasteiger partial charge in [-0.2, -0.15) is 0 Å². The predicted molar refractivity (Wildman–Crippen MR) is 118 cm³/mol. The summed E-state index contributed by atoms with van der Waals surface area (Å²) in [6.07, 6.45) is -0.0305. The molecule has 2 aromatic heterocycles. The van der Waals surface area contributed by atoms with Crippen LogP contribution in [0.25, 0.3) is 22.2 Å². The zero-order valence-electron chi connectivity index (χ0n) is 17.6. The van der Waals surface area contributed by atoms with E-state index in [1.165, 1.54) is 6.07 Å². The highest BCUT2D eigenvalue weighted by molar-refractivity contribution is 5.91. The van der Waals surface area contributed by atoms with E-state index in [4.69, 9.17) is 0 Å². The number of nitrogens with one attached hydrogen (secondary N) is 3. The van der Waals surface area contributed by atoms with Crippen LogP contribution in [0.1, 0.15) is 28.2 Å². The zero-order valence-corrected chi connectivity index (χ0v) is 17.6. The van der Waals surface area contributed by atoms with Gasteiger partial charge in [-0.05, 0) is 56.2 Å². The number of aryl methyl sites for hydroxylation is 3. The normalized spacial score (nSPS) is 11.1. The molecule has 158 valence electrons. The highest BCUT2D eigenvalue weighted by Gasteiger charge is 2.14. The number of hydrogen-bond acceptors (Lipinski definition) is 3. The van der Waals surface area contributed by atoms with E-state index < -0.39 is 0 Å². The summed E-state index contributed by atoms with van der Waals surface area (Å²) >= 11 is 0. The van der Waals surface area contributed by atoms with Gasteiger partial charge in [0.15, 0.2) is 0 Å². The van der Waals surface area contributed by atoms with Crippen molar-refractivity contribution in [3.8, 4) is 11.3 Å². The summed E-state index contributed by atoms with van der Waals surface area (Å²) in [5.41, 5.74) is 4.67. The Morgan fingerprint density at radius 3 is 2.61 bits per heavy atom. The first kappa shape index (κ1) is 20.5. The van der Waals surface area contributed by atoms with Gasteiger partial charge in [0.25, 0.3) is 5.56 Å². The lowest BCUT2D eigenvalue weighted by atomic mass is 10.0. The topological polar surface area (TPSA) is 90.6 Å². The maximum absolute atomic E-state index is 14.2. The molecule has 0 radical (unpaired) electrons. The number of benzene rings is 2. The minimum atomic E-state index is -0.287. The molecule has 0 saturated heterocycles. The van der Waals surface area contributed by atoms with Crippen molar-refractivity contribution in [2.45, 2.75) is 33.7 Å². The van der Waals surface area contributed by atoms with Gasteiger partial charge in [-0.1, -0.05) is 18.2 Å². The summed E-state index contributed by atoms with van der Waals surface area (Å²) in [7, 11) is 0. The second-order valence-corrected chi connectivity index (χ2v) is 7.65. The lowest BCUT2D eigenvalue weighted by Crippen LogP contribution is -2.29. The zero-order chi connectivity index (χ0) is 22.1. The number of carbonyl (C=O) groups is 1. The van der Waals surface area contributed by atoms with E-state index in [0.29, 0.717) is 29.2 Å². The number of nitrogens with zero attached hydrogens (tertiary/aromatic N) is 1. The van der Waals surface area contributed by atoms with E-state index in [2.05, 4.69) is 20.3 Å². The molecule has 0 spiro atoms. The molecule has 0 fully saturated rings. The molecule has 2 heterocycles. The predicted octanol–water partition coefficient (Wildman–Crippen LogP) is 3.84. The van der Waals surface area contributed by atoms with E-state index in [9.17, 15) is 14.0 Å². The summed E-state index contributed by atoms with van der Waals surface area (Å²) in [6, 6.07) is 12.5. The smallest absolute Gasteiger partial charge is 0.254 e. The number of hydrogen-bond donors (Lipinski definition) is 3. The Kier molecular flexibility index (Phi) is 5.42. The molecule has 6 nitrogen and oxygen atoms in total. The Bertz CT molecular complexity index is 1350. The van der Waals surface area contributed by atoms with Gasteiger partial charge in [0.1, 0.15) is 11.6 Å². The number of aromatic nitrogens is 3. The number of carbonyl (C=O) groups excluding carboxylic acids is 1. The SMILES string of the molecule is Cc1nc(C)c(CC(=O)NCc2ccc3[nH]c(-c4ccccc4F)c(C)c3c2)c(=O)[nH]1. The molecule has 0 aliphatic heterocycles. The van der Waals surface area contributed by atoms with Crippen LogP contribution in [0.5, 0.6) is 0 Å². The Morgan fingerprint density at radius 1 is 1.10 bits per heavy atom. The average Bonchev–Trinajstić information content (AvgIpc) is 3.05. The fraction of sp³-hybridized carbons (Fsp3) is 0.208. The van der Waals surface area contributed by atoms with Crippen molar-refractivity contribution in [1.29, 1.82) is 0 Å². The summed E-state index contributed by atoms with van der Waals surface area (Å²) in [6.45, 7) is 5.70. The molecule has 31 heavy (non-hydrogen) atoms. The lowest BCUT2D eigenvalue weighted by molar-refractivity contribution is -0.120. The third-order valence-electron chi connectivity index (χ3n) is 5.43. The first-order chi connectivity index (χ1) is 14.8. The fourth-order valence-electron chi connectivity index (χ4n) is 3.80. The summed E-state index contributed by atoms with van der Waals surface area (Å²) < 4.78 is 14.2. The highest BCUT2D eigenvalue weighted by Crippen LogP contribution is 2.31. The van der Waals surface area contributed by atoms with Crippen LogP contribution in [-0.2, 0) is 17.8 Å². The van der Waals surface area contributed by atoms with Crippen molar-refractivity contribution in [2.24, 2.45) is 0 Å². The molecule has 3 N–H and O–H groups in total. The molecule has 4 aromatic rings. The van der Waals surface area contributed by atoms with E-state index in [-0.39, 0.29) is 23.7 Å². The second kappa shape index (κ2) is 8.18. The second-order valence-electron chi connectivity index (χ2n) is 7.65.